The van der Waals surface area contributed by atoms with Gasteiger partial charge in [0.2, 0.25) is 0 Å². The Hall–Kier alpha value is -2.88. The molecule has 4 rings (SSSR count). The van der Waals surface area contributed by atoms with Gasteiger partial charge in [-0.15, -0.1) is 0 Å². The van der Waals surface area contributed by atoms with Gasteiger partial charge in [-0.2, -0.15) is 5.10 Å². The van der Waals surface area contributed by atoms with Crippen molar-refractivity contribution in [3.05, 3.63) is 82.7 Å². The van der Waals surface area contributed by atoms with Gasteiger partial charge in [0.15, 0.2) is 0 Å². The molecule has 0 saturated carbocycles. The molecule has 1 unspecified atom stereocenters. The molecule has 0 radical (unpaired) electrons. The first-order valence-electron chi connectivity index (χ1n) is 9.14. The molecule has 2 aromatic carbocycles. The Balaban J connectivity index is 1.52. The van der Waals surface area contributed by atoms with E-state index in [0.717, 1.165) is 36.3 Å². The van der Waals surface area contributed by atoms with Crippen molar-refractivity contribution in [1.82, 2.24) is 15.1 Å². The quantitative estimate of drug-likeness (QED) is 0.769. The van der Waals surface area contributed by atoms with E-state index in [0.29, 0.717) is 5.56 Å². The van der Waals surface area contributed by atoms with Crippen LogP contribution in [0.5, 0.6) is 0 Å². The summed E-state index contributed by atoms with van der Waals surface area (Å²) < 4.78 is 1.90. The minimum atomic E-state index is -0.0216. The summed E-state index contributed by atoms with van der Waals surface area (Å²) >= 11 is 0. The summed E-state index contributed by atoms with van der Waals surface area (Å²) in [5.41, 5.74) is 6.32. The fraction of sp³-hybridized carbons (Fsp3) is 0.273. The predicted molar refractivity (Wildman–Crippen MR) is 103 cm³/mol. The molecule has 1 amide bonds. The zero-order chi connectivity index (χ0) is 18.1. The Morgan fingerprint density at radius 2 is 1.88 bits per heavy atom. The van der Waals surface area contributed by atoms with Crippen LogP contribution in [0, 0.1) is 13.8 Å². The number of nitrogens with zero attached hydrogens (tertiary/aromatic N) is 2. The van der Waals surface area contributed by atoms with E-state index in [9.17, 15) is 4.79 Å². The van der Waals surface area contributed by atoms with Gasteiger partial charge in [0.05, 0.1) is 17.4 Å². The van der Waals surface area contributed by atoms with Gasteiger partial charge in [0.25, 0.3) is 5.91 Å². The summed E-state index contributed by atoms with van der Waals surface area (Å²) in [4.78, 5) is 12.7. The molecule has 1 aliphatic rings. The highest BCUT2D eigenvalue weighted by atomic mass is 16.1. The predicted octanol–water partition coefficient (Wildman–Crippen LogP) is 4.30. The van der Waals surface area contributed by atoms with E-state index in [1.807, 2.05) is 54.9 Å². The minimum absolute atomic E-state index is 0.0216. The van der Waals surface area contributed by atoms with Crippen molar-refractivity contribution in [1.29, 1.82) is 0 Å². The van der Waals surface area contributed by atoms with Crippen LogP contribution in [0.3, 0.4) is 0 Å². The maximum atomic E-state index is 12.7. The molecule has 1 heterocycles. The normalized spacial score (nSPS) is 16.2. The number of hydrogen-bond acceptors (Lipinski definition) is 2. The van der Waals surface area contributed by atoms with E-state index >= 15 is 0 Å². The number of hydrogen-bond donors (Lipinski definition) is 1. The van der Waals surface area contributed by atoms with Crippen LogP contribution in [-0.2, 0) is 6.42 Å². The summed E-state index contributed by atoms with van der Waals surface area (Å²) in [6.45, 7) is 4.01. The lowest BCUT2D eigenvalue weighted by atomic mass is 9.87. The molecule has 132 valence electrons. The number of amides is 1. The summed E-state index contributed by atoms with van der Waals surface area (Å²) in [6, 6.07) is 18.2. The third-order valence-electron chi connectivity index (χ3n) is 5.06. The number of aromatic nitrogens is 2. The molecule has 1 atom stereocenters. The maximum Gasteiger partial charge on any atom is 0.251 e. The highest BCUT2D eigenvalue weighted by Crippen LogP contribution is 2.29. The van der Waals surface area contributed by atoms with Crippen molar-refractivity contribution < 1.29 is 4.79 Å². The first-order chi connectivity index (χ1) is 12.6. The standard InChI is InChI=1S/C22H23N3O/c1-15-14-16(2)25(24-15)19-12-10-18(11-13-19)22(26)23-21-9-5-7-17-6-3-4-8-20(17)21/h3-4,6,8,10-14,21H,5,7,9H2,1-2H3,(H,23,26). The van der Waals surface area contributed by atoms with E-state index in [1.54, 1.807) is 0 Å². The molecule has 4 heteroatoms. The maximum absolute atomic E-state index is 12.7. The molecule has 1 aromatic heterocycles. The summed E-state index contributed by atoms with van der Waals surface area (Å²) in [7, 11) is 0. The average Bonchev–Trinajstić information content (AvgIpc) is 3.00. The number of rotatable bonds is 3. The summed E-state index contributed by atoms with van der Waals surface area (Å²) in [6.07, 6.45) is 3.20. The Morgan fingerprint density at radius 3 is 2.62 bits per heavy atom. The second kappa shape index (κ2) is 6.79. The van der Waals surface area contributed by atoms with Crippen molar-refractivity contribution >= 4 is 5.91 Å². The Kier molecular flexibility index (Phi) is 4.33. The largest absolute Gasteiger partial charge is 0.345 e. The van der Waals surface area contributed by atoms with Gasteiger partial charge in [-0.25, -0.2) is 4.68 Å². The lowest BCUT2D eigenvalue weighted by molar-refractivity contribution is 0.0933. The molecule has 0 aliphatic heterocycles. The second-order valence-corrected chi connectivity index (χ2v) is 7.00. The molecule has 0 bridgehead atoms. The summed E-state index contributed by atoms with van der Waals surface area (Å²) in [5, 5.41) is 7.69. The first-order valence-corrected chi connectivity index (χ1v) is 9.14. The van der Waals surface area contributed by atoms with Crippen LogP contribution in [0.15, 0.2) is 54.6 Å². The smallest absolute Gasteiger partial charge is 0.251 e. The molecule has 1 aliphatic carbocycles. The van der Waals surface area contributed by atoms with Crippen molar-refractivity contribution in [3.8, 4) is 5.69 Å². The Labute approximate surface area is 153 Å². The van der Waals surface area contributed by atoms with Crippen LogP contribution in [0.2, 0.25) is 0 Å². The molecular weight excluding hydrogens is 322 g/mol. The van der Waals surface area contributed by atoms with Crippen LogP contribution in [0.1, 0.15) is 51.8 Å². The van der Waals surface area contributed by atoms with Gasteiger partial charge in [0, 0.05) is 11.3 Å². The van der Waals surface area contributed by atoms with Crippen LogP contribution < -0.4 is 5.32 Å². The third-order valence-corrected chi connectivity index (χ3v) is 5.06. The lowest BCUT2D eigenvalue weighted by Crippen LogP contribution is -2.30. The fourth-order valence-corrected chi connectivity index (χ4v) is 3.79. The van der Waals surface area contributed by atoms with Gasteiger partial charge in [0.1, 0.15) is 0 Å². The van der Waals surface area contributed by atoms with E-state index in [1.165, 1.54) is 11.1 Å². The Bertz CT molecular complexity index is 940. The number of fused-ring (bicyclic) bond motifs is 1. The third kappa shape index (κ3) is 3.15. The van der Waals surface area contributed by atoms with E-state index in [4.69, 9.17) is 0 Å². The molecule has 0 spiro atoms. The van der Waals surface area contributed by atoms with Gasteiger partial charge in [-0.3, -0.25) is 4.79 Å². The molecule has 4 nitrogen and oxygen atoms in total. The van der Waals surface area contributed by atoms with Crippen LogP contribution in [0.25, 0.3) is 5.69 Å². The van der Waals surface area contributed by atoms with Crippen LogP contribution in [-0.4, -0.2) is 15.7 Å². The average molecular weight is 345 g/mol. The monoisotopic (exact) mass is 345 g/mol. The highest BCUT2D eigenvalue weighted by Gasteiger charge is 2.21. The minimum Gasteiger partial charge on any atom is -0.345 e. The molecule has 26 heavy (non-hydrogen) atoms. The summed E-state index contributed by atoms with van der Waals surface area (Å²) in [5.74, 6) is -0.0216. The number of benzene rings is 2. The zero-order valence-electron chi connectivity index (χ0n) is 15.2. The fourth-order valence-electron chi connectivity index (χ4n) is 3.79. The first kappa shape index (κ1) is 16.6. The van der Waals surface area contributed by atoms with Crippen molar-refractivity contribution in [2.45, 2.75) is 39.2 Å². The van der Waals surface area contributed by atoms with Crippen molar-refractivity contribution in [2.75, 3.05) is 0 Å². The van der Waals surface area contributed by atoms with Gasteiger partial charge in [-0.1, -0.05) is 24.3 Å². The number of carbonyl (C=O) groups is 1. The van der Waals surface area contributed by atoms with E-state index in [2.05, 4.69) is 28.6 Å². The van der Waals surface area contributed by atoms with Gasteiger partial charge < -0.3 is 5.32 Å². The van der Waals surface area contributed by atoms with Crippen LogP contribution in [0.4, 0.5) is 0 Å². The van der Waals surface area contributed by atoms with E-state index < -0.39 is 0 Å². The molecule has 0 fully saturated rings. The lowest BCUT2D eigenvalue weighted by Gasteiger charge is -2.26. The highest BCUT2D eigenvalue weighted by molar-refractivity contribution is 5.94. The van der Waals surface area contributed by atoms with Crippen molar-refractivity contribution in [2.24, 2.45) is 0 Å². The zero-order valence-corrected chi connectivity index (χ0v) is 15.2. The molecular formula is C22H23N3O. The number of aryl methyl sites for hydroxylation is 3. The molecule has 3 aromatic rings. The van der Waals surface area contributed by atoms with Crippen LogP contribution >= 0.6 is 0 Å². The number of nitrogens with one attached hydrogen (secondary N) is 1. The second-order valence-electron chi connectivity index (χ2n) is 7.00. The van der Waals surface area contributed by atoms with Crippen molar-refractivity contribution in [3.63, 3.8) is 0 Å². The van der Waals surface area contributed by atoms with Gasteiger partial charge >= 0.3 is 0 Å². The Morgan fingerprint density at radius 1 is 1.12 bits per heavy atom. The topological polar surface area (TPSA) is 46.9 Å². The SMILES string of the molecule is Cc1cc(C)n(-c2ccc(C(=O)NC3CCCc4ccccc43)cc2)n1. The number of carbonyl (C=O) groups excluding carboxylic acids is 1. The van der Waals surface area contributed by atoms with Gasteiger partial charge in [-0.05, 0) is 74.6 Å². The molecule has 1 N–H and O–H groups in total. The molecule has 0 saturated heterocycles. The van der Waals surface area contributed by atoms with E-state index in [-0.39, 0.29) is 11.9 Å².